The number of carbonyl (C=O) groups excluding carboxylic acids is 1. The van der Waals surface area contributed by atoms with Crippen LogP contribution in [0.5, 0.6) is 5.75 Å². The highest BCUT2D eigenvalue weighted by molar-refractivity contribution is 7.98. The Morgan fingerprint density at radius 1 is 1.16 bits per heavy atom. The fourth-order valence-electron chi connectivity index (χ4n) is 4.14. The molecule has 1 amide bonds. The highest BCUT2D eigenvalue weighted by Gasteiger charge is 2.32. The van der Waals surface area contributed by atoms with Crippen LogP contribution < -0.4 is 5.56 Å². The van der Waals surface area contributed by atoms with Crippen LogP contribution in [0.2, 0.25) is 0 Å². The smallest absolute Gasteiger partial charge is 0.409 e. The molecule has 2 heterocycles. The van der Waals surface area contributed by atoms with E-state index in [-0.39, 0.29) is 17.4 Å². The fraction of sp³-hybridized carbons (Fsp3) is 0.478. The maximum atomic E-state index is 13.4. The van der Waals surface area contributed by atoms with Crippen molar-refractivity contribution in [2.45, 2.75) is 38.3 Å². The molecule has 1 aliphatic rings. The van der Waals surface area contributed by atoms with Gasteiger partial charge in [-0.2, -0.15) is 0 Å². The minimum absolute atomic E-state index is 0.0129. The number of carbonyl (C=O) groups is 1. The molecule has 7 nitrogen and oxygen atoms in total. The van der Waals surface area contributed by atoms with Crippen LogP contribution in [-0.4, -0.2) is 64.6 Å². The number of aromatic nitrogens is 1. The summed E-state index contributed by atoms with van der Waals surface area (Å²) in [6.07, 6.45) is 1.71. The first-order valence-corrected chi connectivity index (χ1v) is 11.9. The molecule has 0 aliphatic carbocycles. The van der Waals surface area contributed by atoms with Gasteiger partial charge in [0, 0.05) is 43.3 Å². The van der Waals surface area contributed by atoms with Crippen LogP contribution in [0.15, 0.2) is 40.0 Å². The van der Waals surface area contributed by atoms with Gasteiger partial charge in [0.1, 0.15) is 5.75 Å². The van der Waals surface area contributed by atoms with Crippen LogP contribution in [0.3, 0.4) is 0 Å². The second-order valence-electron chi connectivity index (χ2n) is 7.53. The van der Waals surface area contributed by atoms with Crippen LogP contribution in [0, 0.1) is 6.92 Å². The Bertz CT molecular complexity index is 966. The maximum Gasteiger partial charge on any atom is 0.409 e. The van der Waals surface area contributed by atoms with Gasteiger partial charge < -0.3 is 19.3 Å². The van der Waals surface area contributed by atoms with Gasteiger partial charge in [-0.1, -0.05) is 12.1 Å². The van der Waals surface area contributed by atoms with Crippen molar-refractivity contribution in [1.29, 1.82) is 0 Å². The first kappa shape index (κ1) is 23.2. The molecule has 1 aliphatic heterocycles. The first-order valence-electron chi connectivity index (χ1n) is 10.6. The quantitative estimate of drug-likeness (QED) is 0.687. The lowest BCUT2D eigenvalue weighted by Gasteiger charge is -2.39. The second-order valence-corrected chi connectivity index (χ2v) is 8.41. The molecular weight excluding hydrogens is 414 g/mol. The molecule has 0 bridgehead atoms. The molecule has 1 N–H and O–H groups in total. The van der Waals surface area contributed by atoms with E-state index < -0.39 is 6.04 Å². The maximum absolute atomic E-state index is 13.4. The molecule has 1 saturated heterocycles. The molecule has 0 unspecified atom stereocenters. The van der Waals surface area contributed by atoms with E-state index in [1.807, 2.05) is 44.4 Å². The summed E-state index contributed by atoms with van der Waals surface area (Å²) in [5, 5.41) is 10.8. The van der Waals surface area contributed by atoms with Crippen LogP contribution >= 0.6 is 11.8 Å². The number of hydrogen-bond donors (Lipinski definition) is 1. The van der Waals surface area contributed by atoms with Gasteiger partial charge in [-0.15, -0.1) is 11.8 Å². The third kappa shape index (κ3) is 4.91. The number of hydrogen-bond acceptors (Lipinski definition) is 6. The van der Waals surface area contributed by atoms with Crippen molar-refractivity contribution < 1.29 is 14.6 Å². The number of thioether (sulfide) groups is 1. The number of aryl methyl sites for hydroxylation is 1. The molecular formula is C23H31N3O4S. The van der Waals surface area contributed by atoms with Crippen LogP contribution in [0.4, 0.5) is 4.79 Å². The Balaban J connectivity index is 2.02. The van der Waals surface area contributed by atoms with Gasteiger partial charge in [-0.25, -0.2) is 4.79 Å². The van der Waals surface area contributed by atoms with Crippen LogP contribution in [0.25, 0.3) is 0 Å². The van der Waals surface area contributed by atoms with Crippen molar-refractivity contribution in [2.75, 3.05) is 39.0 Å². The molecule has 0 spiro atoms. The Morgan fingerprint density at radius 2 is 1.81 bits per heavy atom. The number of pyridine rings is 1. The molecule has 1 atom stereocenters. The third-order valence-corrected chi connectivity index (χ3v) is 6.49. The minimum Gasteiger partial charge on any atom is -0.507 e. The molecule has 1 fully saturated rings. The van der Waals surface area contributed by atoms with Crippen LogP contribution in [0.1, 0.15) is 36.7 Å². The van der Waals surface area contributed by atoms with Crippen molar-refractivity contribution in [1.82, 2.24) is 14.4 Å². The average Bonchev–Trinajstić information content (AvgIpc) is 2.77. The van der Waals surface area contributed by atoms with E-state index >= 15 is 0 Å². The summed E-state index contributed by atoms with van der Waals surface area (Å²) in [5.41, 5.74) is 1.89. The summed E-state index contributed by atoms with van der Waals surface area (Å²) in [6, 6.07) is 9.37. The summed E-state index contributed by atoms with van der Waals surface area (Å²) in [7, 11) is 0. The van der Waals surface area contributed by atoms with Gasteiger partial charge in [0.2, 0.25) is 0 Å². The predicted molar refractivity (Wildman–Crippen MR) is 123 cm³/mol. The Kier molecular flexibility index (Phi) is 7.67. The van der Waals surface area contributed by atoms with Crippen molar-refractivity contribution in [3.05, 3.63) is 57.5 Å². The number of benzene rings is 1. The number of aromatic hydroxyl groups is 1. The monoisotopic (exact) mass is 445 g/mol. The molecule has 168 valence electrons. The normalized spacial score (nSPS) is 15.7. The second kappa shape index (κ2) is 10.2. The molecule has 8 heteroatoms. The third-order valence-electron chi connectivity index (χ3n) is 5.75. The topological polar surface area (TPSA) is 75.0 Å². The molecule has 0 saturated carbocycles. The van der Waals surface area contributed by atoms with E-state index in [0.29, 0.717) is 44.9 Å². The van der Waals surface area contributed by atoms with Gasteiger partial charge in [-0.05, 0) is 50.8 Å². The minimum atomic E-state index is -0.397. The fourth-order valence-corrected chi connectivity index (χ4v) is 4.55. The molecule has 1 aromatic heterocycles. The number of piperazine rings is 1. The van der Waals surface area contributed by atoms with E-state index in [9.17, 15) is 14.7 Å². The largest absolute Gasteiger partial charge is 0.507 e. The number of ether oxygens (including phenoxy) is 1. The standard InChI is InChI=1S/C23H31N3O4S/c1-5-26-16(3)15-19(27)20(22(26)28)21(17-7-9-18(31-4)10-8-17)24-11-13-25(14-12-24)23(29)30-6-2/h7-10,15,21,27H,5-6,11-14H2,1-4H3/t21-/m0/s1. The summed E-state index contributed by atoms with van der Waals surface area (Å²) >= 11 is 1.66. The zero-order valence-corrected chi connectivity index (χ0v) is 19.4. The van der Waals surface area contributed by atoms with Crippen LogP contribution in [-0.2, 0) is 11.3 Å². The highest BCUT2D eigenvalue weighted by atomic mass is 32.2. The van der Waals surface area contributed by atoms with E-state index in [4.69, 9.17) is 4.74 Å². The summed E-state index contributed by atoms with van der Waals surface area (Å²) < 4.78 is 6.81. The predicted octanol–water partition coefficient (Wildman–Crippen LogP) is 3.47. The van der Waals surface area contributed by atoms with Gasteiger partial charge in [-0.3, -0.25) is 9.69 Å². The SMILES string of the molecule is CCOC(=O)N1CCN([C@@H](c2ccc(SC)cc2)c2c(O)cc(C)n(CC)c2=O)CC1. The number of rotatable bonds is 6. The zero-order valence-electron chi connectivity index (χ0n) is 18.6. The van der Waals surface area contributed by atoms with Gasteiger partial charge >= 0.3 is 6.09 Å². The molecule has 2 aromatic rings. The molecule has 31 heavy (non-hydrogen) atoms. The molecule has 3 rings (SSSR count). The summed E-state index contributed by atoms with van der Waals surface area (Å²) in [5.74, 6) is 0.0129. The zero-order chi connectivity index (χ0) is 22.5. The average molecular weight is 446 g/mol. The lowest BCUT2D eigenvalue weighted by atomic mass is 9.96. The number of amides is 1. The van der Waals surface area contributed by atoms with Crippen molar-refractivity contribution in [3.8, 4) is 5.75 Å². The Morgan fingerprint density at radius 3 is 2.35 bits per heavy atom. The van der Waals surface area contributed by atoms with Gasteiger partial charge in [0.15, 0.2) is 0 Å². The molecule has 1 aromatic carbocycles. The molecule has 0 radical (unpaired) electrons. The number of nitrogens with zero attached hydrogens (tertiary/aromatic N) is 3. The van der Waals surface area contributed by atoms with E-state index in [1.54, 1.807) is 34.2 Å². The van der Waals surface area contributed by atoms with Crippen molar-refractivity contribution in [2.24, 2.45) is 0 Å². The lowest BCUT2D eigenvalue weighted by Crippen LogP contribution is -2.50. The van der Waals surface area contributed by atoms with Gasteiger partial charge in [0.05, 0.1) is 18.2 Å². The Hall–Kier alpha value is -2.45. The highest BCUT2D eigenvalue weighted by Crippen LogP contribution is 2.34. The first-order chi connectivity index (χ1) is 14.9. The summed E-state index contributed by atoms with van der Waals surface area (Å²) in [6.45, 7) is 8.59. The van der Waals surface area contributed by atoms with Crippen molar-refractivity contribution in [3.63, 3.8) is 0 Å². The van der Waals surface area contributed by atoms with E-state index in [1.165, 1.54) is 0 Å². The lowest BCUT2D eigenvalue weighted by molar-refractivity contribution is 0.0709. The van der Waals surface area contributed by atoms with Gasteiger partial charge in [0.25, 0.3) is 5.56 Å². The van der Waals surface area contributed by atoms with E-state index in [2.05, 4.69) is 4.90 Å². The van der Waals surface area contributed by atoms with E-state index in [0.717, 1.165) is 16.2 Å². The Labute approximate surface area is 187 Å². The van der Waals surface area contributed by atoms with Crippen molar-refractivity contribution >= 4 is 17.9 Å². The summed E-state index contributed by atoms with van der Waals surface area (Å²) in [4.78, 5) is 30.5.